The van der Waals surface area contributed by atoms with Gasteiger partial charge >= 0.3 is 11.4 Å². The monoisotopic (exact) mass is 750 g/mol. The van der Waals surface area contributed by atoms with E-state index in [2.05, 4.69) is 49.0 Å². The molecule has 0 bridgehead atoms. The first-order chi connectivity index (χ1) is 23.5. The highest BCUT2D eigenvalue weighted by molar-refractivity contribution is 6.41. The minimum Gasteiger partial charge on any atom is -0.378 e. The Morgan fingerprint density at radius 3 is 1.66 bits per heavy atom. The molecule has 2 fully saturated rings. The first-order valence-electron chi connectivity index (χ1n) is 15.9. The molecule has 2 aromatic carbocycles. The fourth-order valence-corrected chi connectivity index (χ4v) is 6.35. The number of benzene rings is 2. The van der Waals surface area contributed by atoms with E-state index in [4.69, 9.17) is 40.5 Å². The largest absolute Gasteiger partial charge is 0.378 e. The fourth-order valence-electron chi connectivity index (χ4n) is 5.47. The van der Waals surface area contributed by atoms with Gasteiger partial charge in [0.2, 0.25) is 10.3 Å². The van der Waals surface area contributed by atoms with Gasteiger partial charge in [0, 0.05) is 89.3 Å². The van der Waals surface area contributed by atoms with Crippen LogP contribution in [0.4, 0.5) is 17.1 Å². The molecule has 272 valence electrons. The first kappa shape index (κ1) is 41.0. The average molecular weight is 752 g/mol. The Balaban J connectivity index is 0.000000222. The number of hydrogen-bond donors (Lipinski definition) is 2. The van der Waals surface area contributed by atoms with E-state index in [1.807, 2.05) is 18.2 Å². The lowest BCUT2D eigenvalue weighted by molar-refractivity contribution is -0.384. The summed E-state index contributed by atoms with van der Waals surface area (Å²) in [7, 11) is 4.28. The van der Waals surface area contributed by atoms with Gasteiger partial charge in [0.1, 0.15) is 10.7 Å². The molecule has 3 N–H and O–H groups in total. The van der Waals surface area contributed by atoms with Crippen LogP contribution in [0.3, 0.4) is 0 Å². The highest BCUT2D eigenvalue weighted by atomic mass is 35.5. The van der Waals surface area contributed by atoms with Gasteiger partial charge in [-0.1, -0.05) is 78.6 Å². The molecule has 0 aliphatic carbocycles. The Morgan fingerprint density at radius 2 is 1.16 bits per heavy atom. The first-order valence-corrected chi connectivity index (χ1v) is 17.0. The van der Waals surface area contributed by atoms with E-state index in [1.165, 1.54) is 26.2 Å². The summed E-state index contributed by atoms with van der Waals surface area (Å²) in [6, 6.07) is 14.1. The predicted octanol–water partition coefficient (Wildman–Crippen LogP) is 5.73. The Morgan fingerprint density at radius 1 is 0.720 bits per heavy atom. The van der Waals surface area contributed by atoms with E-state index in [-0.39, 0.29) is 34.1 Å². The number of nitrogens with zero attached hydrogens (tertiary/aromatic N) is 8. The Bertz CT molecular complexity index is 1740. The number of nitrogens with one attached hydrogen (secondary N) is 1. The molecule has 4 heterocycles. The van der Waals surface area contributed by atoms with Crippen LogP contribution in [0.1, 0.15) is 7.43 Å². The molecule has 50 heavy (non-hydrogen) atoms. The lowest BCUT2D eigenvalue weighted by Crippen LogP contribution is -2.45. The highest BCUT2D eigenvalue weighted by Crippen LogP contribution is 2.38. The van der Waals surface area contributed by atoms with Gasteiger partial charge in [-0.25, -0.2) is 9.97 Å². The van der Waals surface area contributed by atoms with Gasteiger partial charge in [0.25, 0.3) is 0 Å². The molecule has 6 rings (SSSR count). The molecular formula is C33H45Cl3N10O4. The van der Waals surface area contributed by atoms with Crippen LogP contribution in [-0.2, 0) is 0 Å². The van der Waals surface area contributed by atoms with Crippen LogP contribution in [0.5, 0.6) is 0 Å². The summed E-state index contributed by atoms with van der Waals surface area (Å²) in [5, 5.41) is 26.3. The molecular weight excluding hydrogens is 707 g/mol. The number of piperazine rings is 2. The molecule has 2 aliphatic rings. The molecule has 0 saturated carbocycles. The zero-order valence-corrected chi connectivity index (χ0v) is 29.8. The molecule has 0 spiro atoms. The third kappa shape index (κ3) is 11.0. The number of rotatable bonds is 8. The second kappa shape index (κ2) is 19.8. The van der Waals surface area contributed by atoms with E-state index in [9.17, 15) is 20.2 Å². The summed E-state index contributed by atoms with van der Waals surface area (Å²) in [5.74, 6) is 0. The third-order valence-electron chi connectivity index (χ3n) is 8.32. The maximum Gasteiger partial charge on any atom is 0.329 e. The molecule has 4 aromatic rings. The van der Waals surface area contributed by atoms with E-state index < -0.39 is 9.85 Å². The van der Waals surface area contributed by atoms with Crippen molar-refractivity contribution in [1.29, 1.82) is 0 Å². The number of anilines is 1. The Kier molecular flexibility index (Phi) is 16.2. The van der Waals surface area contributed by atoms with Gasteiger partial charge in [-0.3, -0.25) is 30.0 Å². The molecule has 17 heteroatoms. The van der Waals surface area contributed by atoms with Gasteiger partial charge in [0.05, 0.1) is 20.9 Å². The molecule has 0 atom stereocenters. The van der Waals surface area contributed by atoms with Crippen molar-refractivity contribution in [3.8, 4) is 0 Å². The molecule has 2 aromatic heterocycles. The van der Waals surface area contributed by atoms with Crippen LogP contribution in [-0.4, -0.2) is 132 Å². The zero-order valence-electron chi connectivity index (χ0n) is 27.5. The van der Waals surface area contributed by atoms with E-state index in [0.29, 0.717) is 34.0 Å². The van der Waals surface area contributed by atoms with Crippen LogP contribution in [0, 0.1) is 20.2 Å². The van der Waals surface area contributed by atoms with Crippen molar-refractivity contribution in [3.63, 3.8) is 0 Å². The van der Waals surface area contributed by atoms with Crippen molar-refractivity contribution >= 4 is 73.7 Å². The quantitative estimate of drug-likeness (QED) is 0.128. The number of fused-ring (bicyclic) bond motifs is 2. The predicted molar refractivity (Wildman–Crippen MR) is 204 cm³/mol. The van der Waals surface area contributed by atoms with Crippen LogP contribution in [0.2, 0.25) is 15.3 Å². The Labute approximate surface area is 307 Å². The second-order valence-electron chi connectivity index (χ2n) is 11.7. The number of aromatic nitrogens is 2. The standard InChI is InChI=1S/C16H20ClN5O2.C9H4Cl2N2O2.C7H17N3.CH4/c1-20-8-10-21(11-9-20)7-6-18-14-12-4-2-3-5-13(12)19-16(17)15(14)22(23)24;10-7-5-3-1-2-4-6(5)12-9(11)8(7)13(14)15;1-9-4-6-10(3-2-8)7-5-9;/h2-5H,6-11H2,1H3,(H,18,19);1-4H;2-8H2,1H3;1H4. The van der Waals surface area contributed by atoms with Gasteiger partial charge in [0.15, 0.2) is 0 Å². The van der Waals surface area contributed by atoms with Crippen LogP contribution in [0.15, 0.2) is 48.5 Å². The zero-order chi connectivity index (χ0) is 35.5. The summed E-state index contributed by atoms with van der Waals surface area (Å²) >= 11 is 17.6. The molecule has 0 unspecified atom stereocenters. The number of halogens is 3. The molecule has 0 amide bonds. The molecule has 2 saturated heterocycles. The fraction of sp³-hybridized carbons (Fsp3) is 0.455. The normalized spacial score (nSPS) is 15.7. The summed E-state index contributed by atoms with van der Waals surface area (Å²) < 4.78 is 0. The van der Waals surface area contributed by atoms with Crippen molar-refractivity contribution in [1.82, 2.24) is 29.6 Å². The van der Waals surface area contributed by atoms with Crippen molar-refractivity contribution in [3.05, 3.63) is 84.1 Å². The van der Waals surface area contributed by atoms with Crippen molar-refractivity contribution in [2.75, 3.05) is 97.9 Å². The number of pyridine rings is 2. The van der Waals surface area contributed by atoms with Crippen LogP contribution in [0.25, 0.3) is 21.8 Å². The van der Waals surface area contributed by atoms with E-state index in [0.717, 1.165) is 45.8 Å². The summed E-state index contributed by atoms with van der Waals surface area (Å²) in [6.45, 7) is 12.2. The molecule has 14 nitrogen and oxygen atoms in total. The minimum absolute atomic E-state index is 0. The van der Waals surface area contributed by atoms with Crippen molar-refractivity contribution in [2.45, 2.75) is 7.43 Å². The third-order valence-corrected chi connectivity index (χ3v) is 9.23. The van der Waals surface area contributed by atoms with Crippen molar-refractivity contribution in [2.24, 2.45) is 5.73 Å². The van der Waals surface area contributed by atoms with Crippen molar-refractivity contribution < 1.29 is 9.85 Å². The van der Waals surface area contributed by atoms with E-state index >= 15 is 0 Å². The SMILES string of the molecule is C.CN1CCN(CCN)CC1.CN1CCN(CCNc2c([N+](=O)[O-])c(Cl)nc3ccccc23)CC1.O=[N+]([O-])c1c(Cl)nc2ccccc2c1Cl. The summed E-state index contributed by atoms with van der Waals surface area (Å²) in [4.78, 5) is 38.4. The summed E-state index contributed by atoms with van der Waals surface area (Å²) in [5.41, 5.74) is 6.57. The van der Waals surface area contributed by atoms with Crippen LogP contribution >= 0.6 is 34.8 Å². The topological polar surface area (TPSA) is 163 Å². The van der Waals surface area contributed by atoms with Gasteiger partial charge in [-0.05, 0) is 26.2 Å². The number of likely N-dealkylation sites (N-methyl/N-ethyl adjacent to an activating group) is 2. The second-order valence-corrected chi connectivity index (χ2v) is 12.8. The van der Waals surface area contributed by atoms with Gasteiger partial charge in [-0.2, -0.15) is 0 Å². The summed E-state index contributed by atoms with van der Waals surface area (Å²) in [6.07, 6.45) is 0. The lowest BCUT2D eigenvalue weighted by atomic mass is 10.1. The van der Waals surface area contributed by atoms with Crippen LogP contribution < -0.4 is 11.1 Å². The smallest absolute Gasteiger partial charge is 0.329 e. The molecule has 2 aliphatic heterocycles. The number of hydrogen-bond acceptors (Lipinski definition) is 12. The Hall–Kier alpha value is -3.47. The van der Waals surface area contributed by atoms with Gasteiger partial charge < -0.3 is 20.9 Å². The highest BCUT2D eigenvalue weighted by Gasteiger charge is 2.24. The number of nitro groups is 2. The number of para-hydroxylation sites is 2. The maximum atomic E-state index is 11.4. The maximum absolute atomic E-state index is 11.4. The van der Waals surface area contributed by atoms with E-state index in [1.54, 1.807) is 30.3 Å². The lowest BCUT2D eigenvalue weighted by Gasteiger charge is -2.32. The minimum atomic E-state index is -0.635. The molecule has 0 radical (unpaired) electrons. The van der Waals surface area contributed by atoms with Gasteiger partial charge in [-0.15, -0.1) is 0 Å². The number of nitrogens with two attached hydrogens (primary N) is 1. The average Bonchev–Trinajstić information content (AvgIpc) is 3.07.